The van der Waals surface area contributed by atoms with Gasteiger partial charge in [0.15, 0.2) is 0 Å². The predicted molar refractivity (Wildman–Crippen MR) is 65.0 cm³/mol. The van der Waals surface area contributed by atoms with Crippen molar-refractivity contribution in [2.24, 2.45) is 5.41 Å². The average molecular weight is 241 g/mol. The molecule has 1 aliphatic heterocycles. The molecular formula is C13H23NO3. The van der Waals surface area contributed by atoms with Gasteiger partial charge in [-0.15, -0.1) is 0 Å². The Hall–Kier alpha value is -0.610. The van der Waals surface area contributed by atoms with Crippen LogP contribution in [-0.4, -0.2) is 47.8 Å². The van der Waals surface area contributed by atoms with Crippen molar-refractivity contribution in [3.8, 4) is 0 Å². The normalized spacial score (nSPS) is 33.8. The molecule has 2 atom stereocenters. The number of carbonyl (C=O) groups is 1. The highest BCUT2D eigenvalue weighted by Crippen LogP contribution is 2.39. The van der Waals surface area contributed by atoms with E-state index in [1.165, 1.54) is 19.3 Å². The van der Waals surface area contributed by atoms with Gasteiger partial charge in [-0.05, 0) is 24.7 Å². The summed E-state index contributed by atoms with van der Waals surface area (Å²) in [5.41, 5.74) is 0.450. The third kappa shape index (κ3) is 3.42. The van der Waals surface area contributed by atoms with Crippen LogP contribution in [0.25, 0.3) is 0 Å². The maximum absolute atomic E-state index is 10.7. The third-order valence-electron chi connectivity index (χ3n) is 4.03. The minimum atomic E-state index is -0.761. The highest BCUT2D eigenvalue weighted by Gasteiger charge is 2.36. The average Bonchev–Trinajstić information content (AvgIpc) is 2.58. The van der Waals surface area contributed by atoms with Crippen molar-refractivity contribution in [2.45, 2.75) is 51.7 Å². The molecule has 98 valence electrons. The lowest BCUT2D eigenvalue weighted by atomic mass is 9.91. The van der Waals surface area contributed by atoms with E-state index in [1.807, 2.05) is 0 Å². The molecule has 0 bridgehead atoms. The zero-order valence-electron chi connectivity index (χ0n) is 10.8. The van der Waals surface area contributed by atoms with Crippen LogP contribution in [0.3, 0.4) is 0 Å². The fourth-order valence-electron chi connectivity index (χ4n) is 3.10. The molecular weight excluding hydrogens is 218 g/mol. The minimum absolute atomic E-state index is 0.120. The summed E-state index contributed by atoms with van der Waals surface area (Å²) in [4.78, 5) is 13.1. The number of hydrogen-bond acceptors (Lipinski definition) is 3. The van der Waals surface area contributed by atoms with E-state index in [2.05, 4.69) is 18.7 Å². The Morgan fingerprint density at radius 2 is 2.29 bits per heavy atom. The zero-order chi connectivity index (χ0) is 12.5. The largest absolute Gasteiger partial charge is 0.481 e. The first-order valence-corrected chi connectivity index (χ1v) is 6.54. The molecule has 0 radical (unpaired) electrons. The number of carboxylic acid groups (broad SMARTS) is 1. The molecule has 4 heteroatoms. The third-order valence-corrected chi connectivity index (χ3v) is 4.03. The Labute approximate surface area is 103 Å². The molecule has 2 aliphatic rings. The number of morpholine rings is 1. The molecule has 17 heavy (non-hydrogen) atoms. The van der Waals surface area contributed by atoms with Crippen LogP contribution in [0.1, 0.15) is 39.5 Å². The van der Waals surface area contributed by atoms with Gasteiger partial charge in [0.25, 0.3) is 0 Å². The van der Waals surface area contributed by atoms with Crippen LogP contribution < -0.4 is 0 Å². The Bertz CT molecular complexity index is 290. The first kappa shape index (κ1) is 12.8. The SMILES string of the molecule is CC1(C)CCC(N2CCOC(CC(=O)O)C2)C1. The second kappa shape index (κ2) is 4.94. The van der Waals surface area contributed by atoms with Gasteiger partial charge < -0.3 is 9.84 Å². The van der Waals surface area contributed by atoms with Gasteiger partial charge in [0.05, 0.1) is 19.1 Å². The molecule has 1 saturated heterocycles. The van der Waals surface area contributed by atoms with Crippen LogP contribution in [0.15, 0.2) is 0 Å². The van der Waals surface area contributed by atoms with Gasteiger partial charge in [-0.25, -0.2) is 0 Å². The van der Waals surface area contributed by atoms with Gasteiger partial charge in [0.2, 0.25) is 0 Å². The second-order valence-corrected chi connectivity index (χ2v) is 6.15. The lowest BCUT2D eigenvalue weighted by molar-refractivity contribution is -0.142. The summed E-state index contributed by atoms with van der Waals surface area (Å²) in [6.45, 7) is 7.06. The predicted octanol–water partition coefficient (Wildman–Crippen LogP) is 1.74. The van der Waals surface area contributed by atoms with Crippen molar-refractivity contribution in [2.75, 3.05) is 19.7 Å². The summed E-state index contributed by atoms with van der Waals surface area (Å²) in [6, 6.07) is 0.630. The molecule has 0 aromatic heterocycles. The maximum atomic E-state index is 10.7. The Balaban J connectivity index is 1.87. The fourth-order valence-corrected chi connectivity index (χ4v) is 3.10. The standard InChI is InChI=1S/C13H23NO3/c1-13(2)4-3-10(8-13)14-5-6-17-11(9-14)7-12(15)16/h10-11H,3-9H2,1-2H3,(H,15,16). The first-order chi connectivity index (χ1) is 7.96. The molecule has 1 aliphatic carbocycles. The maximum Gasteiger partial charge on any atom is 0.306 e. The van der Waals surface area contributed by atoms with Gasteiger partial charge in [-0.3, -0.25) is 9.69 Å². The summed E-state index contributed by atoms with van der Waals surface area (Å²) in [5.74, 6) is -0.761. The quantitative estimate of drug-likeness (QED) is 0.817. The van der Waals surface area contributed by atoms with Crippen LogP contribution in [0.4, 0.5) is 0 Å². The van der Waals surface area contributed by atoms with Crippen molar-refractivity contribution >= 4 is 5.97 Å². The van der Waals surface area contributed by atoms with Crippen molar-refractivity contribution in [1.82, 2.24) is 4.90 Å². The highest BCUT2D eigenvalue weighted by molar-refractivity contribution is 5.67. The number of ether oxygens (including phenoxy) is 1. The molecule has 0 aromatic carbocycles. The topological polar surface area (TPSA) is 49.8 Å². The van der Waals surface area contributed by atoms with Gasteiger partial charge in [-0.2, -0.15) is 0 Å². The van der Waals surface area contributed by atoms with E-state index >= 15 is 0 Å². The molecule has 2 unspecified atom stereocenters. The van der Waals surface area contributed by atoms with E-state index in [1.54, 1.807) is 0 Å². The number of rotatable bonds is 3. The Morgan fingerprint density at radius 1 is 1.53 bits per heavy atom. The summed E-state index contributed by atoms with van der Waals surface area (Å²) in [6.07, 6.45) is 3.76. The van der Waals surface area contributed by atoms with E-state index in [0.29, 0.717) is 18.1 Å². The van der Waals surface area contributed by atoms with Crippen molar-refractivity contribution in [3.05, 3.63) is 0 Å². The number of nitrogens with zero attached hydrogens (tertiary/aromatic N) is 1. The highest BCUT2D eigenvalue weighted by atomic mass is 16.5. The van der Waals surface area contributed by atoms with Gasteiger partial charge in [0.1, 0.15) is 0 Å². The van der Waals surface area contributed by atoms with Crippen LogP contribution in [0.2, 0.25) is 0 Å². The van der Waals surface area contributed by atoms with Crippen molar-refractivity contribution < 1.29 is 14.6 Å². The van der Waals surface area contributed by atoms with Crippen LogP contribution in [0, 0.1) is 5.41 Å². The second-order valence-electron chi connectivity index (χ2n) is 6.15. The minimum Gasteiger partial charge on any atom is -0.481 e. The summed E-state index contributed by atoms with van der Waals surface area (Å²) >= 11 is 0. The van der Waals surface area contributed by atoms with Crippen molar-refractivity contribution in [1.29, 1.82) is 0 Å². The molecule has 0 amide bonds. The molecule has 2 rings (SSSR count). The lowest BCUT2D eigenvalue weighted by Gasteiger charge is -2.36. The summed E-state index contributed by atoms with van der Waals surface area (Å²) in [7, 11) is 0. The van der Waals surface area contributed by atoms with E-state index in [-0.39, 0.29) is 12.5 Å². The first-order valence-electron chi connectivity index (χ1n) is 6.54. The Morgan fingerprint density at radius 3 is 2.88 bits per heavy atom. The van der Waals surface area contributed by atoms with Crippen LogP contribution in [0.5, 0.6) is 0 Å². The molecule has 1 heterocycles. The molecule has 0 aromatic rings. The van der Waals surface area contributed by atoms with Crippen LogP contribution in [-0.2, 0) is 9.53 Å². The Kier molecular flexibility index (Phi) is 3.73. The summed E-state index contributed by atoms with van der Waals surface area (Å²) in [5, 5.41) is 8.80. The molecule has 1 N–H and O–H groups in total. The number of aliphatic carboxylic acids is 1. The smallest absolute Gasteiger partial charge is 0.306 e. The fraction of sp³-hybridized carbons (Fsp3) is 0.923. The van der Waals surface area contributed by atoms with Gasteiger partial charge >= 0.3 is 5.97 Å². The van der Waals surface area contributed by atoms with E-state index in [9.17, 15) is 4.79 Å². The molecule has 1 saturated carbocycles. The number of carboxylic acids is 1. The lowest BCUT2D eigenvalue weighted by Crippen LogP contribution is -2.47. The van der Waals surface area contributed by atoms with Crippen LogP contribution >= 0.6 is 0 Å². The van der Waals surface area contributed by atoms with Crippen molar-refractivity contribution in [3.63, 3.8) is 0 Å². The van der Waals surface area contributed by atoms with E-state index < -0.39 is 5.97 Å². The zero-order valence-corrected chi connectivity index (χ0v) is 10.8. The summed E-state index contributed by atoms with van der Waals surface area (Å²) < 4.78 is 5.51. The van der Waals surface area contributed by atoms with E-state index in [4.69, 9.17) is 9.84 Å². The van der Waals surface area contributed by atoms with Gasteiger partial charge in [0, 0.05) is 19.1 Å². The molecule has 4 nitrogen and oxygen atoms in total. The number of hydrogen-bond donors (Lipinski definition) is 1. The van der Waals surface area contributed by atoms with Gasteiger partial charge in [-0.1, -0.05) is 13.8 Å². The monoisotopic (exact) mass is 241 g/mol. The van der Waals surface area contributed by atoms with E-state index in [0.717, 1.165) is 13.1 Å². The molecule has 0 spiro atoms. The molecule has 2 fully saturated rings.